The van der Waals surface area contributed by atoms with E-state index < -0.39 is 43.2 Å². The SMILES string of the molecule is CC1CC(C)(C)NC(CCOP(=O)(OC[C@H]2O[C@@H](n3cc(F)c(=O)[nH]c3=O)C[C@@H]2O)N(C)CCBr)O1. The highest BCUT2D eigenvalue weighted by Gasteiger charge is 2.40. The maximum absolute atomic E-state index is 13.7. The number of hydrogen-bond donors (Lipinski definition) is 3. The predicted octanol–water partition coefficient (Wildman–Crippen LogP) is 1.69. The number of alkyl halides is 1. The first-order valence-electron chi connectivity index (χ1n) is 11.8. The molecule has 2 fully saturated rings. The molecule has 1 aromatic rings. The van der Waals surface area contributed by atoms with Gasteiger partial charge in [-0.1, -0.05) is 15.9 Å². The van der Waals surface area contributed by atoms with Crippen LogP contribution in [0.1, 0.15) is 46.3 Å². The van der Waals surface area contributed by atoms with E-state index in [9.17, 15) is 23.7 Å². The molecule has 3 rings (SSSR count). The Morgan fingerprint density at radius 3 is 2.75 bits per heavy atom. The lowest BCUT2D eigenvalue weighted by Gasteiger charge is -2.40. The molecule has 3 heterocycles. The van der Waals surface area contributed by atoms with Gasteiger partial charge in [0.05, 0.1) is 31.6 Å². The number of nitrogens with zero attached hydrogens (tertiary/aromatic N) is 2. The van der Waals surface area contributed by atoms with Gasteiger partial charge in [0.15, 0.2) is 0 Å². The first-order valence-corrected chi connectivity index (χ1v) is 14.4. The van der Waals surface area contributed by atoms with Crippen molar-refractivity contribution >= 4 is 23.7 Å². The van der Waals surface area contributed by atoms with Crippen LogP contribution in [0.5, 0.6) is 0 Å². The zero-order valence-electron chi connectivity index (χ0n) is 20.8. The average molecular weight is 601 g/mol. The van der Waals surface area contributed by atoms with Crippen molar-refractivity contribution in [2.45, 2.75) is 76.3 Å². The predicted molar refractivity (Wildman–Crippen MR) is 133 cm³/mol. The Hall–Kier alpha value is -0.960. The Bertz CT molecular complexity index is 1060. The van der Waals surface area contributed by atoms with Crippen LogP contribution in [-0.4, -0.2) is 81.5 Å². The number of ether oxygens (including phenoxy) is 2. The average Bonchev–Trinajstić information content (AvgIpc) is 3.14. The van der Waals surface area contributed by atoms with Crippen LogP contribution in [0.2, 0.25) is 0 Å². The zero-order chi connectivity index (χ0) is 26.7. The Kier molecular flexibility index (Phi) is 10.1. The van der Waals surface area contributed by atoms with Crippen molar-refractivity contribution in [2.75, 3.05) is 32.1 Å². The third-order valence-corrected chi connectivity index (χ3v) is 8.42. The summed E-state index contributed by atoms with van der Waals surface area (Å²) in [4.78, 5) is 25.2. The summed E-state index contributed by atoms with van der Waals surface area (Å²) in [6, 6.07) is 0. The smallest absolute Gasteiger partial charge is 0.390 e. The van der Waals surface area contributed by atoms with E-state index in [4.69, 9.17) is 18.5 Å². The first kappa shape index (κ1) is 29.6. The minimum atomic E-state index is -3.78. The van der Waals surface area contributed by atoms with Gasteiger partial charge in [-0.2, -0.15) is 4.39 Å². The minimum absolute atomic E-state index is 0.0551. The molecule has 3 N–H and O–H groups in total. The van der Waals surface area contributed by atoms with Crippen LogP contribution in [0.4, 0.5) is 4.39 Å². The van der Waals surface area contributed by atoms with Crippen molar-refractivity contribution in [1.29, 1.82) is 0 Å². The number of hydrogen-bond acceptors (Lipinski definition) is 9. The summed E-state index contributed by atoms with van der Waals surface area (Å²) < 4.78 is 52.6. The fourth-order valence-corrected chi connectivity index (χ4v) is 6.64. The highest BCUT2D eigenvalue weighted by molar-refractivity contribution is 9.09. The molecule has 0 aliphatic carbocycles. The quantitative estimate of drug-likeness (QED) is 0.253. The lowest BCUT2D eigenvalue weighted by Crippen LogP contribution is -2.55. The van der Waals surface area contributed by atoms with Gasteiger partial charge in [-0.15, -0.1) is 0 Å². The molecule has 0 radical (unpaired) electrons. The highest BCUT2D eigenvalue weighted by atomic mass is 79.9. The van der Waals surface area contributed by atoms with Crippen LogP contribution in [0.15, 0.2) is 15.8 Å². The molecule has 0 amide bonds. The van der Waals surface area contributed by atoms with Crippen LogP contribution < -0.4 is 16.6 Å². The van der Waals surface area contributed by atoms with Crippen molar-refractivity contribution in [3.8, 4) is 0 Å². The molecule has 1 aromatic heterocycles. The molecule has 12 nitrogen and oxygen atoms in total. The number of aromatic amines is 1. The number of aliphatic hydroxyl groups is 1. The lowest BCUT2D eigenvalue weighted by atomic mass is 9.95. The van der Waals surface area contributed by atoms with E-state index in [2.05, 4.69) is 35.1 Å². The summed E-state index contributed by atoms with van der Waals surface area (Å²) in [5, 5.41) is 14.3. The minimum Gasteiger partial charge on any atom is -0.390 e. The number of H-pyrrole nitrogens is 1. The van der Waals surface area contributed by atoms with Gasteiger partial charge in [-0.05, 0) is 34.2 Å². The molecule has 6 atom stereocenters. The Morgan fingerprint density at radius 2 is 2.08 bits per heavy atom. The zero-order valence-corrected chi connectivity index (χ0v) is 23.3. The normalized spacial score (nSPS) is 29.9. The van der Waals surface area contributed by atoms with Crippen molar-refractivity contribution in [2.24, 2.45) is 0 Å². The van der Waals surface area contributed by atoms with Gasteiger partial charge in [-0.25, -0.2) is 14.0 Å². The highest BCUT2D eigenvalue weighted by Crippen LogP contribution is 2.51. The molecule has 0 saturated carbocycles. The molecule has 2 saturated heterocycles. The van der Waals surface area contributed by atoms with E-state index in [-0.39, 0.29) is 37.5 Å². The van der Waals surface area contributed by atoms with E-state index in [1.54, 1.807) is 7.05 Å². The van der Waals surface area contributed by atoms with Gasteiger partial charge < -0.3 is 14.6 Å². The van der Waals surface area contributed by atoms with E-state index in [0.29, 0.717) is 18.3 Å². The third kappa shape index (κ3) is 7.55. The second kappa shape index (κ2) is 12.3. The van der Waals surface area contributed by atoms with Gasteiger partial charge >= 0.3 is 13.4 Å². The molecule has 3 unspecified atom stereocenters. The summed E-state index contributed by atoms with van der Waals surface area (Å²) in [5.74, 6) is -1.16. The topological polar surface area (TPSA) is 144 Å². The van der Waals surface area contributed by atoms with Gasteiger partial charge in [0.1, 0.15) is 18.6 Å². The molecule has 36 heavy (non-hydrogen) atoms. The summed E-state index contributed by atoms with van der Waals surface area (Å²) in [6.07, 6.45) is -1.31. The van der Waals surface area contributed by atoms with Crippen molar-refractivity contribution < 1.29 is 32.6 Å². The molecule has 206 valence electrons. The van der Waals surface area contributed by atoms with Crippen LogP contribution in [0.25, 0.3) is 0 Å². The number of aliphatic hydroxyl groups excluding tert-OH is 1. The summed E-state index contributed by atoms with van der Waals surface area (Å²) in [7, 11) is -2.19. The van der Waals surface area contributed by atoms with Gasteiger partial charge in [0.25, 0.3) is 5.56 Å². The maximum atomic E-state index is 13.7. The summed E-state index contributed by atoms with van der Waals surface area (Å²) in [5.41, 5.74) is -2.12. The van der Waals surface area contributed by atoms with Crippen LogP contribution in [0.3, 0.4) is 0 Å². The number of nitrogens with one attached hydrogen (secondary N) is 2. The fraction of sp³-hybridized carbons (Fsp3) is 0.810. The van der Waals surface area contributed by atoms with Gasteiger partial charge in [0.2, 0.25) is 5.82 Å². The molecule has 0 aromatic carbocycles. The molecular formula is C21H35BrFN4O8P. The number of rotatable bonds is 11. The van der Waals surface area contributed by atoms with Crippen molar-refractivity contribution in [3.05, 3.63) is 32.9 Å². The molecule has 15 heteroatoms. The van der Waals surface area contributed by atoms with E-state index in [1.807, 2.05) is 11.9 Å². The lowest BCUT2D eigenvalue weighted by molar-refractivity contribution is -0.0943. The fourth-order valence-electron chi connectivity index (χ4n) is 4.35. The van der Waals surface area contributed by atoms with Crippen LogP contribution in [0, 0.1) is 5.82 Å². The Morgan fingerprint density at radius 1 is 1.36 bits per heavy atom. The molecule has 0 bridgehead atoms. The van der Waals surface area contributed by atoms with E-state index in [0.717, 1.165) is 17.2 Å². The first-order chi connectivity index (χ1) is 16.8. The molecule has 2 aliphatic rings. The monoisotopic (exact) mass is 600 g/mol. The second-order valence-electron chi connectivity index (χ2n) is 9.70. The Balaban J connectivity index is 1.61. The maximum Gasteiger partial charge on any atom is 0.408 e. The van der Waals surface area contributed by atoms with E-state index in [1.165, 1.54) is 4.67 Å². The molecular weight excluding hydrogens is 566 g/mol. The van der Waals surface area contributed by atoms with Crippen LogP contribution >= 0.6 is 23.7 Å². The van der Waals surface area contributed by atoms with Crippen LogP contribution in [-0.2, 0) is 23.1 Å². The standard InChI is InChI=1S/C21H35BrFN4O8P/c1-13-10-21(2,3)25-17(34-13)5-8-32-36(31,26(4)7-6-22)33-12-16-15(28)9-18(35-16)27-11-14(23)19(29)24-20(27)30/h11,13,15-18,25,28H,5-10,12H2,1-4H3,(H,24,29,30)/t13?,15-,16+,17?,18+,36?/m0/s1. The van der Waals surface area contributed by atoms with E-state index >= 15 is 0 Å². The summed E-state index contributed by atoms with van der Waals surface area (Å²) in [6.45, 7) is 6.34. The largest absolute Gasteiger partial charge is 0.408 e. The molecule has 0 spiro atoms. The number of halogens is 2. The van der Waals surface area contributed by atoms with Crippen molar-refractivity contribution in [3.63, 3.8) is 0 Å². The number of aromatic nitrogens is 2. The van der Waals surface area contributed by atoms with Crippen molar-refractivity contribution in [1.82, 2.24) is 19.5 Å². The summed E-state index contributed by atoms with van der Waals surface area (Å²) >= 11 is 3.31. The van der Waals surface area contributed by atoms with Gasteiger partial charge in [0, 0.05) is 30.3 Å². The Labute approximate surface area is 217 Å². The second-order valence-corrected chi connectivity index (χ2v) is 12.6. The molecule has 2 aliphatic heterocycles. The van der Waals surface area contributed by atoms with Gasteiger partial charge in [-0.3, -0.25) is 28.7 Å². The third-order valence-electron chi connectivity index (χ3n) is 6.05.